The molecular weight excluding hydrogens is 112 g/mol. The average molecular weight is 128 g/mol. The summed E-state index contributed by atoms with van der Waals surface area (Å²) in [5.41, 5.74) is 11.1. The molecule has 0 aromatic carbocycles. The lowest BCUT2D eigenvalue weighted by Gasteiger charge is -2.07. The Balaban J connectivity index is 3.16. The Bertz CT molecular complexity index is 79.0. The fourth-order valence-electron chi connectivity index (χ4n) is 0.573. The molecule has 2 nitrogen and oxygen atoms in total. The molecule has 0 aliphatic heterocycles. The van der Waals surface area contributed by atoms with Crippen molar-refractivity contribution < 1.29 is 0 Å². The van der Waals surface area contributed by atoms with Crippen LogP contribution in [-0.4, -0.2) is 12.1 Å². The first-order chi connectivity index (χ1) is 4.16. The van der Waals surface area contributed by atoms with E-state index >= 15 is 0 Å². The molecule has 0 saturated carbocycles. The lowest BCUT2D eigenvalue weighted by molar-refractivity contribution is 0.590. The highest BCUT2D eigenvalue weighted by Crippen LogP contribution is 1.96. The van der Waals surface area contributed by atoms with Crippen molar-refractivity contribution >= 4 is 0 Å². The second-order valence-corrected chi connectivity index (χ2v) is 2.45. The van der Waals surface area contributed by atoms with Gasteiger partial charge in [0, 0.05) is 12.1 Å². The lowest BCUT2D eigenvalue weighted by Crippen LogP contribution is -2.22. The van der Waals surface area contributed by atoms with Crippen molar-refractivity contribution in [3.8, 4) is 0 Å². The molecule has 0 heterocycles. The Labute approximate surface area is 56.9 Å². The summed E-state index contributed by atoms with van der Waals surface area (Å²) in [7, 11) is 0. The summed E-state index contributed by atoms with van der Waals surface area (Å²) in [6.07, 6.45) is 3.68. The predicted octanol–water partition coefficient (Wildman–Crippen LogP) is 0.627. The topological polar surface area (TPSA) is 52.0 Å². The zero-order valence-corrected chi connectivity index (χ0v) is 6.01. The van der Waals surface area contributed by atoms with Crippen LogP contribution in [0.4, 0.5) is 0 Å². The summed E-state index contributed by atoms with van der Waals surface area (Å²) in [6.45, 7) is 5.55. The van der Waals surface area contributed by atoms with Gasteiger partial charge in [-0.15, -0.1) is 6.58 Å². The number of rotatable bonds is 4. The van der Waals surface area contributed by atoms with Crippen LogP contribution in [0.15, 0.2) is 12.7 Å². The number of hydrogen-bond acceptors (Lipinski definition) is 2. The Morgan fingerprint density at radius 2 is 2.00 bits per heavy atom. The van der Waals surface area contributed by atoms with Gasteiger partial charge in [-0.2, -0.15) is 0 Å². The molecule has 54 valence electrons. The average Bonchev–Trinajstić information content (AvgIpc) is 1.83. The van der Waals surface area contributed by atoms with Crippen LogP contribution in [0.25, 0.3) is 0 Å². The van der Waals surface area contributed by atoms with Crippen LogP contribution in [0, 0.1) is 0 Å². The van der Waals surface area contributed by atoms with Crippen LogP contribution in [-0.2, 0) is 0 Å². The van der Waals surface area contributed by atoms with E-state index in [0.29, 0.717) is 0 Å². The highest BCUT2D eigenvalue weighted by molar-refractivity contribution is 4.82. The lowest BCUT2D eigenvalue weighted by atomic mass is 10.1. The molecule has 4 N–H and O–H groups in total. The standard InChI is InChI=1S/C7H16N2/c1-3-7(9)5-4-6(2)8/h3,6-7H,1,4-5,8-9H2,2H3. The fourth-order valence-corrected chi connectivity index (χ4v) is 0.573. The first-order valence-corrected chi connectivity index (χ1v) is 3.30. The monoisotopic (exact) mass is 128 g/mol. The third-order valence-corrected chi connectivity index (χ3v) is 1.26. The normalized spacial score (nSPS) is 16.8. The van der Waals surface area contributed by atoms with Gasteiger partial charge in [-0.3, -0.25) is 0 Å². The van der Waals surface area contributed by atoms with E-state index in [-0.39, 0.29) is 12.1 Å². The van der Waals surface area contributed by atoms with E-state index in [4.69, 9.17) is 11.5 Å². The van der Waals surface area contributed by atoms with Gasteiger partial charge >= 0.3 is 0 Å². The SMILES string of the molecule is C=CC(N)CCC(C)N. The van der Waals surface area contributed by atoms with Crippen molar-refractivity contribution in [1.82, 2.24) is 0 Å². The van der Waals surface area contributed by atoms with Gasteiger partial charge in [-0.1, -0.05) is 6.08 Å². The maximum atomic E-state index is 5.55. The minimum atomic E-state index is 0.121. The zero-order chi connectivity index (χ0) is 7.28. The van der Waals surface area contributed by atoms with Gasteiger partial charge in [0.25, 0.3) is 0 Å². The van der Waals surface area contributed by atoms with E-state index in [1.807, 2.05) is 6.92 Å². The molecule has 2 heteroatoms. The van der Waals surface area contributed by atoms with Crippen LogP contribution in [0.5, 0.6) is 0 Å². The third kappa shape index (κ3) is 5.53. The quantitative estimate of drug-likeness (QED) is 0.545. The van der Waals surface area contributed by atoms with Gasteiger partial charge in [-0.25, -0.2) is 0 Å². The molecule has 0 spiro atoms. The van der Waals surface area contributed by atoms with Crippen molar-refractivity contribution in [3.05, 3.63) is 12.7 Å². The number of nitrogens with two attached hydrogens (primary N) is 2. The molecule has 0 aromatic heterocycles. The first kappa shape index (κ1) is 8.66. The van der Waals surface area contributed by atoms with Gasteiger partial charge in [-0.05, 0) is 19.8 Å². The molecule has 2 unspecified atom stereocenters. The van der Waals surface area contributed by atoms with Gasteiger partial charge in [0.15, 0.2) is 0 Å². The Kier molecular flexibility index (Phi) is 4.36. The van der Waals surface area contributed by atoms with E-state index in [2.05, 4.69) is 6.58 Å². The van der Waals surface area contributed by atoms with Gasteiger partial charge in [0.1, 0.15) is 0 Å². The van der Waals surface area contributed by atoms with Crippen molar-refractivity contribution in [1.29, 1.82) is 0 Å². The van der Waals surface area contributed by atoms with Crippen LogP contribution in [0.3, 0.4) is 0 Å². The Hall–Kier alpha value is -0.340. The van der Waals surface area contributed by atoms with E-state index in [0.717, 1.165) is 12.8 Å². The molecule has 0 aromatic rings. The molecular formula is C7H16N2. The predicted molar refractivity (Wildman–Crippen MR) is 41.1 cm³/mol. The Morgan fingerprint density at radius 1 is 1.44 bits per heavy atom. The molecule has 2 atom stereocenters. The molecule has 0 aliphatic rings. The van der Waals surface area contributed by atoms with Crippen LogP contribution in [0.1, 0.15) is 19.8 Å². The van der Waals surface area contributed by atoms with Crippen molar-refractivity contribution in [2.45, 2.75) is 31.8 Å². The van der Waals surface area contributed by atoms with Gasteiger partial charge in [0.05, 0.1) is 0 Å². The fraction of sp³-hybridized carbons (Fsp3) is 0.714. The zero-order valence-electron chi connectivity index (χ0n) is 6.01. The second kappa shape index (κ2) is 4.53. The summed E-state index contributed by atoms with van der Waals surface area (Å²) in [6, 6.07) is 0.381. The molecule has 0 saturated heterocycles. The van der Waals surface area contributed by atoms with Crippen LogP contribution >= 0.6 is 0 Å². The van der Waals surface area contributed by atoms with Crippen LogP contribution in [0.2, 0.25) is 0 Å². The van der Waals surface area contributed by atoms with E-state index in [9.17, 15) is 0 Å². The highest BCUT2D eigenvalue weighted by atomic mass is 14.6. The van der Waals surface area contributed by atoms with E-state index in [1.165, 1.54) is 0 Å². The maximum absolute atomic E-state index is 5.55. The molecule has 0 bridgehead atoms. The minimum Gasteiger partial charge on any atom is -0.328 e. The summed E-state index contributed by atoms with van der Waals surface area (Å²) in [5, 5.41) is 0. The molecule has 9 heavy (non-hydrogen) atoms. The first-order valence-electron chi connectivity index (χ1n) is 3.30. The largest absolute Gasteiger partial charge is 0.328 e. The van der Waals surface area contributed by atoms with Crippen molar-refractivity contribution in [2.75, 3.05) is 0 Å². The molecule has 0 fully saturated rings. The smallest absolute Gasteiger partial charge is 0.0221 e. The molecule has 0 radical (unpaired) electrons. The summed E-state index contributed by atoms with van der Waals surface area (Å²) in [4.78, 5) is 0. The second-order valence-electron chi connectivity index (χ2n) is 2.45. The highest BCUT2D eigenvalue weighted by Gasteiger charge is 1.97. The van der Waals surface area contributed by atoms with Crippen molar-refractivity contribution in [3.63, 3.8) is 0 Å². The summed E-state index contributed by atoms with van der Waals surface area (Å²) in [5.74, 6) is 0. The van der Waals surface area contributed by atoms with Crippen LogP contribution < -0.4 is 11.5 Å². The maximum Gasteiger partial charge on any atom is 0.0221 e. The van der Waals surface area contributed by atoms with Gasteiger partial charge < -0.3 is 11.5 Å². The Morgan fingerprint density at radius 3 is 2.33 bits per heavy atom. The minimum absolute atomic E-state index is 0.121. The number of hydrogen-bond donors (Lipinski definition) is 2. The molecule has 0 aliphatic carbocycles. The van der Waals surface area contributed by atoms with E-state index < -0.39 is 0 Å². The van der Waals surface area contributed by atoms with Crippen molar-refractivity contribution in [2.24, 2.45) is 11.5 Å². The third-order valence-electron chi connectivity index (χ3n) is 1.26. The summed E-state index contributed by atoms with van der Waals surface area (Å²) < 4.78 is 0. The van der Waals surface area contributed by atoms with E-state index in [1.54, 1.807) is 6.08 Å². The summed E-state index contributed by atoms with van der Waals surface area (Å²) >= 11 is 0. The van der Waals surface area contributed by atoms with Gasteiger partial charge in [0.2, 0.25) is 0 Å². The molecule has 0 amide bonds. The molecule has 0 rings (SSSR count).